The second-order valence-electron chi connectivity index (χ2n) is 5.07. The molecule has 0 fully saturated rings. The molecule has 0 atom stereocenters. The summed E-state index contributed by atoms with van der Waals surface area (Å²) in [5.41, 5.74) is 0.144. The number of hydrogen-bond acceptors (Lipinski definition) is 3. The maximum atomic E-state index is 12.0. The van der Waals surface area contributed by atoms with Gasteiger partial charge in [0.25, 0.3) is 5.91 Å². The van der Waals surface area contributed by atoms with Crippen LogP contribution >= 0.6 is 15.9 Å². The number of amides is 1. The van der Waals surface area contributed by atoms with E-state index in [1.54, 1.807) is 0 Å². The Hall–Kier alpha value is -0.880. The number of nitrogens with one attached hydrogen (secondary N) is 1. The first kappa shape index (κ1) is 16.2. The predicted octanol–water partition coefficient (Wildman–Crippen LogP) is 2.38. The van der Waals surface area contributed by atoms with Crippen molar-refractivity contribution in [2.75, 3.05) is 11.6 Å². The summed E-state index contributed by atoms with van der Waals surface area (Å²) < 4.78 is 22.6. The summed E-state index contributed by atoms with van der Waals surface area (Å²) in [7, 11) is -3.23. The van der Waals surface area contributed by atoms with E-state index in [1.165, 1.54) is 24.3 Å². The van der Waals surface area contributed by atoms with Crippen molar-refractivity contribution in [3.05, 3.63) is 29.8 Å². The van der Waals surface area contributed by atoms with Crippen molar-refractivity contribution in [2.24, 2.45) is 0 Å². The molecule has 1 N–H and O–H groups in total. The van der Waals surface area contributed by atoms with Gasteiger partial charge in [0.2, 0.25) is 0 Å². The predicted molar refractivity (Wildman–Crippen MR) is 79.5 cm³/mol. The summed E-state index contributed by atoms with van der Waals surface area (Å²) in [6, 6.07) is 5.94. The Morgan fingerprint density at radius 1 is 1.26 bits per heavy atom. The van der Waals surface area contributed by atoms with Gasteiger partial charge in [0.05, 0.1) is 4.90 Å². The van der Waals surface area contributed by atoms with Crippen molar-refractivity contribution in [1.82, 2.24) is 5.32 Å². The quantitative estimate of drug-likeness (QED) is 0.831. The molecule has 1 aromatic rings. The van der Waals surface area contributed by atoms with E-state index in [0.717, 1.165) is 18.0 Å². The molecule has 19 heavy (non-hydrogen) atoms. The lowest BCUT2D eigenvalue weighted by Crippen LogP contribution is -2.43. The lowest BCUT2D eigenvalue weighted by atomic mass is 10.0. The van der Waals surface area contributed by atoms with E-state index in [9.17, 15) is 13.2 Å². The van der Waals surface area contributed by atoms with Crippen molar-refractivity contribution < 1.29 is 13.2 Å². The van der Waals surface area contributed by atoms with Gasteiger partial charge in [-0.3, -0.25) is 4.79 Å². The van der Waals surface area contributed by atoms with Gasteiger partial charge in [-0.05, 0) is 44.5 Å². The second kappa shape index (κ2) is 6.05. The highest BCUT2D eigenvalue weighted by molar-refractivity contribution is 9.09. The Balaban J connectivity index is 2.85. The summed E-state index contributed by atoms with van der Waals surface area (Å²) >= 11 is 3.34. The van der Waals surface area contributed by atoms with Gasteiger partial charge in [-0.25, -0.2) is 8.42 Å². The fraction of sp³-hybridized carbons (Fsp3) is 0.462. The highest BCUT2D eigenvalue weighted by atomic mass is 79.9. The summed E-state index contributed by atoms with van der Waals surface area (Å²) in [4.78, 5) is 12.2. The monoisotopic (exact) mass is 347 g/mol. The van der Waals surface area contributed by atoms with Crippen molar-refractivity contribution in [3.8, 4) is 0 Å². The van der Waals surface area contributed by atoms with Crippen LogP contribution in [0.4, 0.5) is 0 Å². The number of alkyl halides is 1. The largest absolute Gasteiger partial charge is 0.347 e. The van der Waals surface area contributed by atoms with Crippen LogP contribution in [0.1, 0.15) is 30.6 Å². The van der Waals surface area contributed by atoms with Gasteiger partial charge in [0, 0.05) is 22.7 Å². The third-order valence-electron chi connectivity index (χ3n) is 2.72. The molecule has 1 amide bonds. The number of carbonyl (C=O) groups excluding carboxylic acids is 1. The van der Waals surface area contributed by atoms with E-state index >= 15 is 0 Å². The highest BCUT2D eigenvalue weighted by Gasteiger charge is 2.20. The van der Waals surface area contributed by atoms with Crippen molar-refractivity contribution in [3.63, 3.8) is 0 Å². The normalized spacial score (nSPS) is 12.2. The average Bonchev–Trinajstić information content (AvgIpc) is 2.27. The molecular formula is C13H18BrNO3S. The fourth-order valence-electron chi connectivity index (χ4n) is 1.53. The molecule has 6 heteroatoms. The van der Waals surface area contributed by atoms with Crippen molar-refractivity contribution >= 4 is 31.7 Å². The molecule has 0 unspecified atom stereocenters. The number of halogens is 1. The molecular weight excluding hydrogens is 330 g/mol. The standard InChI is InChI=1S/C13H18BrNO3S/c1-13(2,8-9-14)15-12(16)10-4-6-11(7-5-10)19(3,17)18/h4-7H,8-9H2,1-3H3,(H,15,16). The van der Waals surface area contributed by atoms with Crippen LogP contribution in [-0.4, -0.2) is 31.4 Å². The Labute approximate surface area is 122 Å². The molecule has 106 valence electrons. The molecule has 0 aromatic heterocycles. The highest BCUT2D eigenvalue weighted by Crippen LogP contribution is 2.14. The Morgan fingerprint density at radius 3 is 2.21 bits per heavy atom. The zero-order chi connectivity index (χ0) is 14.7. The maximum Gasteiger partial charge on any atom is 0.251 e. The van der Waals surface area contributed by atoms with Gasteiger partial charge in [0.1, 0.15) is 0 Å². The molecule has 1 rings (SSSR count). The summed E-state index contributed by atoms with van der Waals surface area (Å²) in [6.07, 6.45) is 1.95. The molecule has 0 saturated heterocycles. The molecule has 4 nitrogen and oxygen atoms in total. The van der Waals surface area contributed by atoms with Crippen LogP contribution in [0, 0.1) is 0 Å². The third-order valence-corrected chi connectivity index (χ3v) is 4.24. The number of carbonyl (C=O) groups is 1. The summed E-state index contributed by atoms with van der Waals surface area (Å²) in [5.74, 6) is -0.203. The topological polar surface area (TPSA) is 63.2 Å². The molecule has 0 heterocycles. The van der Waals surface area contributed by atoms with E-state index in [-0.39, 0.29) is 16.3 Å². The first-order valence-corrected chi connectivity index (χ1v) is 8.85. The minimum absolute atomic E-state index is 0.203. The molecule has 0 saturated carbocycles. The molecule has 0 spiro atoms. The summed E-state index contributed by atoms with van der Waals surface area (Å²) in [5, 5.41) is 3.71. The van der Waals surface area contributed by atoms with Crippen LogP contribution in [-0.2, 0) is 9.84 Å². The lowest BCUT2D eigenvalue weighted by molar-refractivity contribution is 0.0912. The Morgan fingerprint density at radius 2 is 1.79 bits per heavy atom. The van der Waals surface area contributed by atoms with E-state index in [4.69, 9.17) is 0 Å². The second-order valence-corrected chi connectivity index (χ2v) is 7.88. The van der Waals surface area contributed by atoms with Gasteiger partial charge in [-0.1, -0.05) is 15.9 Å². The van der Waals surface area contributed by atoms with Gasteiger partial charge in [-0.2, -0.15) is 0 Å². The van der Waals surface area contributed by atoms with E-state index in [0.29, 0.717) is 5.56 Å². The zero-order valence-corrected chi connectivity index (χ0v) is 13.6. The smallest absolute Gasteiger partial charge is 0.251 e. The molecule has 0 aliphatic heterocycles. The van der Waals surface area contributed by atoms with Crippen LogP contribution in [0.15, 0.2) is 29.2 Å². The number of rotatable bonds is 5. The SMILES string of the molecule is CC(C)(CCBr)NC(=O)c1ccc(S(C)(=O)=O)cc1. The first-order valence-electron chi connectivity index (χ1n) is 5.84. The van der Waals surface area contributed by atoms with E-state index < -0.39 is 9.84 Å². The van der Waals surface area contributed by atoms with Gasteiger partial charge in [-0.15, -0.1) is 0 Å². The minimum atomic E-state index is -3.23. The van der Waals surface area contributed by atoms with Gasteiger partial charge < -0.3 is 5.32 Å². The van der Waals surface area contributed by atoms with Gasteiger partial charge in [0.15, 0.2) is 9.84 Å². The lowest BCUT2D eigenvalue weighted by Gasteiger charge is -2.25. The van der Waals surface area contributed by atoms with Crippen LogP contribution in [0.3, 0.4) is 0 Å². The number of benzene rings is 1. The third kappa shape index (κ3) is 4.95. The molecule has 0 aliphatic rings. The van der Waals surface area contributed by atoms with Crippen LogP contribution in [0.25, 0.3) is 0 Å². The van der Waals surface area contributed by atoms with Crippen molar-refractivity contribution in [1.29, 1.82) is 0 Å². The molecule has 1 aromatic carbocycles. The fourth-order valence-corrected chi connectivity index (χ4v) is 3.15. The van der Waals surface area contributed by atoms with E-state index in [2.05, 4.69) is 21.2 Å². The number of sulfone groups is 1. The average molecular weight is 348 g/mol. The van der Waals surface area contributed by atoms with Crippen LogP contribution in [0.2, 0.25) is 0 Å². The summed E-state index contributed by atoms with van der Waals surface area (Å²) in [6.45, 7) is 3.88. The Kier molecular flexibility index (Phi) is 5.15. The molecule has 0 aliphatic carbocycles. The van der Waals surface area contributed by atoms with Crippen molar-refractivity contribution in [2.45, 2.75) is 30.7 Å². The number of hydrogen-bond donors (Lipinski definition) is 1. The van der Waals surface area contributed by atoms with E-state index in [1.807, 2.05) is 13.8 Å². The molecule has 0 radical (unpaired) electrons. The first-order chi connectivity index (χ1) is 8.65. The maximum absolute atomic E-state index is 12.0. The molecule has 0 bridgehead atoms. The van der Waals surface area contributed by atoms with Crippen LogP contribution in [0.5, 0.6) is 0 Å². The van der Waals surface area contributed by atoms with Gasteiger partial charge >= 0.3 is 0 Å². The Bertz CT molecular complexity index is 550. The zero-order valence-electron chi connectivity index (χ0n) is 11.2. The van der Waals surface area contributed by atoms with Crippen LogP contribution < -0.4 is 5.32 Å². The minimum Gasteiger partial charge on any atom is -0.347 e.